The summed E-state index contributed by atoms with van der Waals surface area (Å²) in [4.78, 5) is 14.5. The van der Waals surface area contributed by atoms with E-state index in [-0.39, 0.29) is 24.7 Å². The summed E-state index contributed by atoms with van der Waals surface area (Å²) in [5.41, 5.74) is 2.70. The fourth-order valence-corrected chi connectivity index (χ4v) is 3.90. The molecule has 0 aromatic heterocycles. The number of carbonyl (C=O) groups excluding carboxylic acids is 1. The third-order valence-electron chi connectivity index (χ3n) is 5.45. The van der Waals surface area contributed by atoms with Crippen molar-refractivity contribution in [3.63, 3.8) is 0 Å². The van der Waals surface area contributed by atoms with Gasteiger partial charge in [0.25, 0.3) is 0 Å². The summed E-state index contributed by atoms with van der Waals surface area (Å²) in [5.74, 6) is 0.418. The fourth-order valence-electron chi connectivity index (χ4n) is 3.90. The first-order valence-electron chi connectivity index (χ1n) is 9.17. The van der Waals surface area contributed by atoms with Crippen LogP contribution >= 0.6 is 0 Å². The summed E-state index contributed by atoms with van der Waals surface area (Å²) < 4.78 is 0. The van der Waals surface area contributed by atoms with Crippen molar-refractivity contribution >= 4 is 11.7 Å². The molecule has 2 aliphatic rings. The molecule has 1 heterocycles. The van der Waals surface area contributed by atoms with Crippen LogP contribution in [0.15, 0.2) is 24.3 Å². The zero-order valence-corrected chi connectivity index (χ0v) is 14.5. The standard InChI is InChI=1S/C19H29N3O2/c1-14(22-11-10-16-4-2-3-5-18(16)22)12-20-19(24)21-17-8-6-15(13-23)7-9-17/h2-5,14-15,17,23H,6-13H2,1H3,(H2,20,21,24). The van der Waals surface area contributed by atoms with Crippen LogP contribution in [0.2, 0.25) is 0 Å². The number of aliphatic hydroxyl groups excluding tert-OH is 1. The molecule has 3 N–H and O–H groups in total. The van der Waals surface area contributed by atoms with Crippen LogP contribution in [0.1, 0.15) is 38.2 Å². The molecule has 24 heavy (non-hydrogen) atoms. The van der Waals surface area contributed by atoms with E-state index in [9.17, 15) is 9.90 Å². The first-order valence-corrected chi connectivity index (χ1v) is 9.17. The summed E-state index contributed by atoms with van der Waals surface area (Å²) >= 11 is 0. The quantitative estimate of drug-likeness (QED) is 0.776. The molecule has 2 amide bonds. The van der Waals surface area contributed by atoms with Crippen molar-refractivity contribution < 1.29 is 9.90 Å². The summed E-state index contributed by atoms with van der Waals surface area (Å²) in [6.07, 6.45) is 5.02. The minimum Gasteiger partial charge on any atom is -0.396 e. The van der Waals surface area contributed by atoms with Crippen LogP contribution in [-0.4, -0.2) is 42.9 Å². The summed E-state index contributed by atoms with van der Waals surface area (Å²) in [7, 11) is 0. The van der Waals surface area contributed by atoms with Crippen molar-refractivity contribution in [1.82, 2.24) is 10.6 Å². The van der Waals surface area contributed by atoms with Crippen LogP contribution in [0.5, 0.6) is 0 Å². The maximum absolute atomic E-state index is 12.1. The van der Waals surface area contributed by atoms with Gasteiger partial charge in [-0.3, -0.25) is 0 Å². The number of anilines is 1. The van der Waals surface area contributed by atoms with Gasteiger partial charge in [-0.2, -0.15) is 0 Å². The SMILES string of the molecule is CC(CNC(=O)NC1CCC(CO)CC1)N1CCc2ccccc21. The molecule has 5 heteroatoms. The Morgan fingerprint density at radius 1 is 1.29 bits per heavy atom. The predicted molar refractivity (Wildman–Crippen MR) is 96.3 cm³/mol. The van der Waals surface area contributed by atoms with E-state index in [4.69, 9.17) is 0 Å². The second-order valence-electron chi connectivity index (χ2n) is 7.18. The first-order chi connectivity index (χ1) is 11.7. The summed E-state index contributed by atoms with van der Waals surface area (Å²) in [5, 5.41) is 15.3. The fraction of sp³-hybridized carbons (Fsp3) is 0.632. The lowest BCUT2D eigenvalue weighted by Gasteiger charge is -2.29. The maximum Gasteiger partial charge on any atom is 0.315 e. The van der Waals surface area contributed by atoms with Gasteiger partial charge in [-0.25, -0.2) is 4.79 Å². The van der Waals surface area contributed by atoms with Crippen LogP contribution in [0.25, 0.3) is 0 Å². The Hall–Kier alpha value is -1.75. The first kappa shape index (κ1) is 17.1. The van der Waals surface area contributed by atoms with Gasteiger partial charge in [0.2, 0.25) is 0 Å². The number of carbonyl (C=O) groups is 1. The van der Waals surface area contributed by atoms with Gasteiger partial charge < -0.3 is 20.6 Å². The molecular weight excluding hydrogens is 302 g/mol. The number of amides is 2. The molecule has 0 bridgehead atoms. The molecule has 1 fully saturated rings. The summed E-state index contributed by atoms with van der Waals surface area (Å²) in [6.45, 7) is 4.10. The average Bonchev–Trinajstić information content (AvgIpc) is 3.04. The zero-order valence-electron chi connectivity index (χ0n) is 14.5. The predicted octanol–water partition coefficient (Wildman–Crippen LogP) is 2.29. The molecule has 0 radical (unpaired) electrons. The van der Waals surface area contributed by atoms with E-state index < -0.39 is 0 Å². The van der Waals surface area contributed by atoms with Crippen LogP contribution in [0.4, 0.5) is 10.5 Å². The lowest BCUT2D eigenvalue weighted by Crippen LogP contribution is -2.48. The third kappa shape index (κ3) is 4.01. The number of nitrogens with one attached hydrogen (secondary N) is 2. The van der Waals surface area contributed by atoms with Gasteiger partial charge in [0.15, 0.2) is 0 Å². The van der Waals surface area contributed by atoms with Gasteiger partial charge in [0.1, 0.15) is 0 Å². The number of hydrogen-bond acceptors (Lipinski definition) is 3. The molecule has 1 aliphatic heterocycles. The number of urea groups is 1. The Balaban J connectivity index is 1.42. The Kier molecular flexibility index (Phi) is 5.61. The minimum atomic E-state index is -0.0678. The Morgan fingerprint density at radius 3 is 2.79 bits per heavy atom. The molecule has 3 rings (SSSR count). The zero-order chi connectivity index (χ0) is 16.9. The molecule has 1 aromatic rings. The van der Waals surface area contributed by atoms with Crippen LogP contribution in [0.3, 0.4) is 0 Å². The van der Waals surface area contributed by atoms with Crippen LogP contribution in [0, 0.1) is 5.92 Å². The maximum atomic E-state index is 12.1. The topological polar surface area (TPSA) is 64.6 Å². The number of aliphatic hydroxyl groups is 1. The number of fused-ring (bicyclic) bond motifs is 1. The van der Waals surface area contributed by atoms with E-state index in [0.29, 0.717) is 12.5 Å². The van der Waals surface area contributed by atoms with Gasteiger partial charge in [-0.15, -0.1) is 0 Å². The molecule has 5 nitrogen and oxygen atoms in total. The molecular formula is C19H29N3O2. The molecule has 1 saturated carbocycles. The van der Waals surface area contributed by atoms with Gasteiger partial charge >= 0.3 is 6.03 Å². The van der Waals surface area contributed by atoms with Gasteiger partial charge in [0.05, 0.1) is 0 Å². The monoisotopic (exact) mass is 331 g/mol. The lowest BCUT2D eigenvalue weighted by atomic mass is 9.87. The lowest BCUT2D eigenvalue weighted by molar-refractivity contribution is 0.174. The Bertz CT molecular complexity index is 555. The Labute approximate surface area is 144 Å². The molecule has 1 atom stereocenters. The van der Waals surface area contributed by atoms with Crippen LogP contribution < -0.4 is 15.5 Å². The van der Waals surface area contributed by atoms with E-state index in [2.05, 4.69) is 46.7 Å². The molecule has 0 saturated heterocycles. The van der Waals surface area contributed by atoms with E-state index >= 15 is 0 Å². The highest BCUT2D eigenvalue weighted by atomic mass is 16.3. The van der Waals surface area contributed by atoms with Crippen molar-refractivity contribution in [2.75, 3.05) is 24.6 Å². The van der Waals surface area contributed by atoms with Gasteiger partial charge in [-0.1, -0.05) is 18.2 Å². The summed E-state index contributed by atoms with van der Waals surface area (Å²) in [6, 6.07) is 8.97. The number of rotatable bonds is 5. The Morgan fingerprint density at radius 2 is 2.04 bits per heavy atom. The highest BCUT2D eigenvalue weighted by molar-refractivity contribution is 5.74. The van der Waals surface area contributed by atoms with Crippen LogP contribution in [-0.2, 0) is 6.42 Å². The number of para-hydroxylation sites is 1. The van der Waals surface area contributed by atoms with Crippen molar-refractivity contribution in [3.05, 3.63) is 29.8 Å². The van der Waals surface area contributed by atoms with Gasteiger partial charge in [-0.05, 0) is 56.6 Å². The largest absolute Gasteiger partial charge is 0.396 e. The molecule has 1 aliphatic carbocycles. The van der Waals surface area contributed by atoms with Crippen molar-refractivity contribution in [2.24, 2.45) is 5.92 Å². The third-order valence-corrected chi connectivity index (χ3v) is 5.45. The van der Waals surface area contributed by atoms with Gasteiger partial charge in [0, 0.05) is 37.5 Å². The number of nitrogens with zero attached hydrogens (tertiary/aromatic N) is 1. The number of benzene rings is 1. The molecule has 1 aromatic carbocycles. The van der Waals surface area contributed by atoms with Crippen molar-refractivity contribution in [2.45, 2.75) is 51.1 Å². The highest BCUT2D eigenvalue weighted by Gasteiger charge is 2.24. The van der Waals surface area contributed by atoms with E-state index in [0.717, 1.165) is 38.6 Å². The van der Waals surface area contributed by atoms with E-state index in [1.807, 2.05) is 0 Å². The average molecular weight is 331 g/mol. The van der Waals surface area contributed by atoms with E-state index in [1.165, 1.54) is 11.3 Å². The molecule has 1 unspecified atom stereocenters. The minimum absolute atomic E-state index is 0.0678. The molecule has 0 spiro atoms. The highest BCUT2D eigenvalue weighted by Crippen LogP contribution is 2.29. The van der Waals surface area contributed by atoms with E-state index in [1.54, 1.807) is 0 Å². The smallest absolute Gasteiger partial charge is 0.315 e. The normalized spacial score (nSPS) is 24.3. The number of hydrogen-bond donors (Lipinski definition) is 3. The second-order valence-corrected chi connectivity index (χ2v) is 7.18. The van der Waals surface area contributed by atoms with Crippen molar-refractivity contribution in [1.29, 1.82) is 0 Å². The second kappa shape index (κ2) is 7.88. The molecule has 132 valence electrons. The van der Waals surface area contributed by atoms with Crippen molar-refractivity contribution in [3.8, 4) is 0 Å².